The molecule has 0 radical (unpaired) electrons. The highest BCUT2D eigenvalue weighted by atomic mass is 16.5. The Morgan fingerprint density at radius 3 is 2.08 bits per heavy atom. The Hall–Kier alpha value is -0.0800. The van der Waals surface area contributed by atoms with Crippen LogP contribution in [0.1, 0.15) is 38.5 Å². The van der Waals surface area contributed by atoms with Gasteiger partial charge in [0.2, 0.25) is 0 Å². The lowest BCUT2D eigenvalue weighted by Gasteiger charge is -2.50. The average Bonchev–Trinajstić information content (AvgIpc) is 2.42. The van der Waals surface area contributed by atoms with Crippen LogP contribution < -0.4 is 5.73 Å². The van der Waals surface area contributed by atoms with E-state index in [4.69, 9.17) is 10.5 Å². The van der Waals surface area contributed by atoms with Gasteiger partial charge in [-0.05, 0) is 32.1 Å². The van der Waals surface area contributed by atoms with Gasteiger partial charge in [-0.15, -0.1) is 0 Å². The third kappa shape index (κ3) is 0.826. The monoisotopic (exact) mass is 169 g/mol. The smallest absolute Gasteiger partial charge is 0.0856 e. The Bertz CT molecular complexity index is 171. The van der Waals surface area contributed by atoms with E-state index >= 15 is 0 Å². The van der Waals surface area contributed by atoms with E-state index in [-0.39, 0.29) is 5.60 Å². The van der Waals surface area contributed by atoms with Crippen molar-refractivity contribution in [3.05, 3.63) is 0 Å². The molecule has 2 fully saturated rings. The molecule has 0 aliphatic heterocycles. The van der Waals surface area contributed by atoms with E-state index in [2.05, 4.69) is 0 Å². The summed E-state index contributed by atoms with van der Waals surface area (Å²) in [6.45, 7) is 0.712. The Kier molecular flexibility index (Phi) is 1.92. The summed E-state index contributed by atoms with van der Waals surface area (Å²) < 4.78 is 5.68. The number of nitrogens with two attached hydrogens (primary N) is 1. The Labute approximate surface area is 74.5 Å². The highest BCUT2D eigenvalue weighted by molar-refractivity contribution is 5.09. The zero-order valence-corrected chi connectivity index (χ0v) is 7.94. The van der Waals surface area contributed by atoms with Crippen LogP contribution in [0.25, 0.3) is 0 Å². The van der Waals surface area contributed by atoms with Gasteiger partial charge < -0.3 is 10.5 Å². The van der Waals surface area contributed by atoms with Crippen molar-refractivity contribution in [3.63, 3.8) is 0 Å². The third-order valence-corrected chi connectivity index (χ3v) is 4.23. The second-order valence-electron chi connectivity index (χ2n) is 4.39. The molecule has 2 N–H and O–H groups in total. The minimum Gasteiger partial charge on any atom is -0.376 e. The first kappa shape index (κ1) is 8.52. The fourth-order valence-electron chi connectivity index (χ4n) is 3.23. The van der Waals surface area contributed by atoms with Gasteiger partial charge >= 0.3 is 0 Å². The number of methoxy groups -OCH3 is 1. The number of hydrogen-bond acceptors (Lipinski definition) is 2. The van der Waals surface area contributed by atoms with Crippen LogP contribution in [0.5, 0.6) is 0 Å². The van der Waals surface area contributed by atoms with Crippen molar-refractivity contribution in [3.8, 4) is 0 Å². The zero-order chi connectivity index (χ0) is 8.66. The summed E-state index contributed by atoms with van der Waals surface area (Å²) in [5, 5.41) is 0. The Morgan fingerprint density at radius 2 is 1.75 bits per heavy atom. The van der Waals surface area contributed by atoms with E-state index in [0.717, 1.165) is 0 Å². The molecule has 0 heterocycles. The number of hydrogen-bond donors (Lipinski definition) is 1. The van der Waals surface area contributed by atoms with Crippen molar-refractivity contribution in [2.24, 2.45) is 11.1 Å². The molecule has 1 spiro atoms. The van der Waals surface area contributed by atoms with Crippen LogP contribution in [0, 0.1) is 5.41 Å². The van der Waals surface area contributed by atoms with Gasteiger partial charge in [-0.3, -0.25) is 0 Å². The molecule has 0 amide bonds. The van der Waals surface area contributed by atoms with Gasteiger partial charge in [0.15, 0.2) is 0 Å². The van der Waals surface area contributed by atoms with Crippen molar-refractivity contribution >= 4 is 0 Å². The van der Waals surface area contributed by atoms with Crippen LogP contribution in [0.3, 0.4) is 0 Å². The molecule has 2 aliphatic rings. The Balaban J connectivity index is 2.21. The van der Waals surface area contributed by atoms with Crippen molar-refractivity contribution in [2.45, 2.75) is 44.1 Å². The van der Waals surface area contributed by atoms with Crippen molar-refractivity contribution in [1.29, 1.82) is 0 Å². The molecule has 70 valence electrons. The predicted molar refractivity (Wildman–Crippen MR) is 48.9 cm³/mol. The molecule has 0 bridgehead atoms. The molecule has 0 aromatic carbocycles. The van der Waals surface area contributed by atoms with Crippen LogP contribution >= 0.6 is 0 Å². The summed E-state index contributed by atoms with van der Waals surface area (Å²) >= 11 is 0. The summed E-state index contributed by atoms with van der Waals surface area (Å²) in [4.78, 5) is 0. The summed E-state index contributed by atoms with van der Waals surface area (Å²) in [6.07, 6.45) is 7.91. The summed E-state index contributed by atoms with van der Waals surface area (Å²) in [6, 6.07) is 0. The van der Waals surface area contributed by atoms with Gasteiger partial charge in [-0.1, -0.05) is 6.42 Å². The lowest BCUT2D eigenvalue weighted by molar-refractivity contribution is -0.123. The molecule has 0 saturated heterocycles. The van der Waals surface area contributed by atoms with Gasteiger partial charge in [-0.25, -0.2) is 0 Å². The van der Waals surface area contributed by atoms with E-state index in [1.54, 1.807) is 0 Å². The van der Waals surface area contributed by atoms with E-state index in [1.165, 1.54) is 38.5 Å². The molecular formula is C10H19NO. The summed E-state index contributed by atoms with van der Waals surface area (Å²) in [5.74, 6) is 0. The largest absolute Gasteiger partial charge is 0.376 e. The molecular weight excluding hydrogens is 150 g/mol. The maximum atomic E-state index is 5.84. The number of ether oxygens (including phenoxy) is 1. The summed E-state index contributed by atoms with van der Waals surface area (Å²) in [5.41, 5.74) is 6.37. The van der Waals surface area contributed by atoms with E-state index in [1.807, 2.05) is 7.11 Å². The molecule has 2 saturated carbocycles. The molecule has 2 aliphatic carbocycles. The molecule has 1 unspecified atom stereocenters. The first-order valence-electron chi connectivity index (χ1n) is 5.04. The average molecular weight is 169 g/mol. The topological polar surface area (TPSA) is 35.2 Å². The highest BCUT2D eigenvalue weighted by Gasteiger charge is 2.57. The maximum Gasteiger partial charge on any atom is 0.0856 e. The first-order valence-corrected chi connectivity index (χ1v) is 5.04. The lowest BCUT2D eigenvalue weighted by atomic mass is 9.60. The minimum atomic E-state index is 0.0469. The van der Waals surface area contributed by atoms with Crippen LogP contribution in [0.4, 0.5) is 0 Å². The molecule has 2 heteroatoms. The van der Waals surface area contributed by atoms with Gasteiger partial charge in [0, 0.05) is 19.1 Å². The second kappa shape index (κ2) is 2.71. The normalized spacial score (nSPS) is 38.5. The third-order valence-electron chi connectivity index (χ3n) is 4.23. The van der Waals surface area contributed by atoms with Gasteiger partial charge in [-0.2, -0.15) is 0 Å². The van der Waals surface area contributed by atoms with Crippen molar-refractivity contribution in [1.82, 2.24) is 0 Å². The molecule has 2 nitrogen and oxygen atoms in total. The molecule has 12 heavy (non-hydrogen) atoms. The molecule has 0 aromatic heterocycles. The van der Waals surface area contributed by atoms with Crippen molar-refractivity contribution in [2.75, 3.05) is 13.7 Å². The Morgan fingerprint density at radius 1 is 1.17 bits per heavy atom. The van der Waals surface area contributed by atoms with E-state index < -0.39 is 0 Å². The minimum absolute atomic E-state index is 0.0469. The van der Waals surface area contributed by atoms with E-state index in [9.17, 15) is 0 Å². The van der Waals surface area contributed by atoms with Crippen LogP contribution in [0.2, 0.25) is 0 Å². The van der Waals surface area contributed by atoms with Gasteiger partial charge in [0.05, 0.1) is 5.60 Å². The molecule has 1 atom stereocenters. The molecule has 0 aromatic rings. The fraction of sp³-hybridized carbons (Fsp3) is 1.00. The van der Waals surface area contributed by atoms with Gasteiger partial charge in [0.25, 0.3) is 0 Å². The standard InChI is InChI=1S/C10H19NO/c1-12-10(8-11)7-3-6-9(10)4-2-5-9/h2-8,11H2,1H3. The van der Waals surface area contributed by atoms with Gasteiger partial charge in [0.1, 0.15) is 0 Å². The predicted octanol–water partition coefficient (Wildman–Crippen LogP) is 1.68. The second-order valence-corrected chi connectivity index (χ2v) is 4.39. The fourth-order valence-corrected chi connectivity index (χ4v) is 3.23. The van der Waals surface area contributed by atoms with E-state index in [0.29, 0.717) is 12.0 Å². The maximum absolute atomic E-state index is 5.84. The number of rotatable bonds is 2. The first-order chi connectivity index (χ1) is 5.79. The van der Waals surface area contributed by atoms with Crippen LogP contribution in [-0.2, 0) is 4.74 Å². The lowest BCUT2D eigenvalue weighted by Crippen LogP contribution is -2.54. The SMILES string of the molecule is COC1(CN)CCCC12CCC2. The zero-order valence-electron chi connectivity index (χ0n) is 7.94. The van der Waals surface area contributed by atoms with Crippen molar-refractivity contribution < 1.29 is 4.74 Å². The van der Waals surface area contributed by atoms with Crippen LogP contribution in [0.15, 0.2) is 0 Å². The quantitative estimate of drug-likeness (QED) is 0.682. The highest BCUT2D eigenvalue weighted by Crippen LogP contribution is 2.59. The summed E-state index contributed by atoms with van der Waals surface area (Å²) in [7, 11) is 1.83. The van der Waals surface area contributed by atoms with Crippen LogP contribution in [-0.4, -0.2) is 19.3 Å². The molecule has 2 rings (SSSR count).